The van der Waals surface area contributed by atoms with E-state index >= 15 is 0 Å². The highest BCUT2D eigenvalue weighted by atomic mass is 19.1. The zero-order valence-corrected chi connectivity index (χ0v) is 11.6. The van der Waals surface area contributed by atoms with Crippen LogP contribution in [0.25, 0.3) is 0 Å². The van der Waals surface area contributed by atoms with Gasteiger partial charge in [0.25, 0.3) is 0 Å². The smallest absolute Gasteiger partial charge is 0.123 e. The van der Waals surface area contributed by atoms with Gasteiger partial charge in [-0.25, -0.2) is 4.39 Å². The average Bonchev–Trinajstić information content (AvgIpc) is 2.45. The highest BCUT2D eigenvalue weighted by Gasteiger charge is 2.13. The van der Waals surface area contributed by atoms with Crippen LogP contribution < -0.4 is 5.32 Å². The van der Waals surface area contributed by atoms with E-state index in [-0.39, 0.29) is 24.5 Å². The Morgan fingerprint density at radius 3 is 2.50 bits per heavy atom. The first kappa shape index (κ1) is 14.7. The Morgan fingerprint density at radius 1 is 1.10 bits per heavy atom. The first-order valence-corrected chi connectivity index (χ1v) is 6.85. The van der Waals surface area contributed by atoms with Crippen LogP contribution in [0.4, 0.5) is 4.39 Å². The first-order valence-electron chi connectivity index (χ1n) is 6.85. The van der Waals surface area contributed by atoms with E-state index < -0.39 is 0 Å². The van der Waals surface area contributed by atoms with Gasteiger partial charge in [0, 0.05) is 6.04 Å². The van der Waals surface area contributed by atoms with Gasteiger partial charge in [-0.3, -0.25) is 0 Å². The summed E-state index contributed by atoms with van der Waals surface area (Å²) in [7, 11) is 0. The van der Waals surface area contributed by atoms with Gasteiger partial charge >= 0.3 is 0 Å². The summed E-state index contributed by atoms with van der Waals surface area (Å²) in [5, 5.41) is 12.9. The predicted molar refractivity (Wildman–Crippen MR) is 79.0 cm³/mol. The lowest BCUT2D eigenvalue weighted by Crippen LogP contribution is -2.34. The zero-order chi connectivity index (χ0) is 14.4. The summed E-state index contributed by atoms with van der Waals surface area (Å²) in [5.74, 6) is -0.212. The number of aliphatic hydroxyl groups is 1. The monoisotopic (exact) mass is 273 g/mol. The second kappa shape index (κ2) is 7.17. The quantitative estimate of drug-likeness (QED) is 0.847. The standard InChI is InChI=1S/C17H20FNO/c1-13(10-14-6-5-9-16(18)11-14)19-17(12-20)15-7-3-2-4-8-15/h2-9,11,13,17,19-20H,10,12H2,1H3/t13?,17-/m0/s1. The second-order valence-electron chi connectivity index (χ2n) is 5.05. The van der Waals surface area contributed by atoms with Crippen molar-refractivity contribution in [3.8, 4) is 0 Å². The largest absolute Gasteiger partial charge is 0.394 e. The molecule has 1 unspecified atom stereocenters. The Morgan fingerprint density at radius 2 is 1.85 bits per heavy atom. The predicted octanol–water partition coefficient (Wildman–Crippen LogP) is 3.08. The number of hydrogen-bond donors (Lipinski definition) is 2. The van der Waals surface area contributed by atoms with Crippen LogP contribution in [0.15, 0.2) is 54.6 Å². The van der Waals surface area contributed by atoms with Gasteiger partial charge in [0.1, 0.15) is 5.82 Å². The summed E-state index contributed by atoms with van der Waals surface area (Å²) in [4.78, 5) is 0. The van der Waals surface area contributed by atoms with Crippen molar-refractivity contribution in [1.29, 1.82) is 0 Å². The Kier molecular flexibility index (Phi) is 5.27. The molecule has 0 amide bonds. The van der Waals surface area contributed by atoms with Crippen molar-refractivity contribution >= 4 is 0 Å². The van der Waals surface area contributed by atoms with E-state index in [2.05, 4.69) is 5.32 Å². The van der Waals surface area contributed by atoms with Gasteiger partial charge in [0.15, 0.2) is 0 Å². The molecule has 0 aliphatic carbocycles. The summed E-state index contributed by atoms with van der Waals surface area (Å²) < 4.78 is 13.2. The van der Waals surface area contributed by atoms with Crippen molar-refractivity contribution in [1.82, 2.24) is 5.32 Å². The van der Waals surface area contributed by atoms with Crippen molar-refractivity contribution in [3.63, 3.8) is 0 Å². The van der Waals surface area contributed by atoms with E-state index in [0.717, 1.165) is 17.5 Å². The van der Waals surface area contributed by atoms with Crippen molar-refractivity contribution in [3.05, 3.63) is 71.5 Å². The number of aliphatic hydroxyl groups excluding tert-OH is 1. The topological polar surface area (TPSA) is 32.3 Å². The third kappa shape index (κ3) is 4.15. The van der Waals surface area contributed by atoms with Crippen LogP contribution in [0.3, 0.4) is 0 Å². The Bertz CT molecular complexity index is 530. The molecule has 2 aromatic rings. The fourth-order valence-electron chi connectivity index (χ4n) is 2.36. The van der Waals surface area contributed by atoms with Crippen LogP contribution in [0, 0.1) is 5.82 Å². The minimum Gasteiger partial charge on any atom is -0.394 e. The molecule has 2 atom stereocenters. The number of halogens is 1. The molecule has 0 radical (unpaired) electrons. The molecule has 2 aromatic carbocycles. The van der Waals surface area contributed by atoms with Crippen LogP contribution in [-0.2, 0) is 6.42 Å². The lowest BCUT2D eigenvalue weighted by atomic mass is 10.0. The number of rotatable bonds is 6. The molecule has 0 fully saturated rings. The van der Waals surface area contributed by atoms with E-state index in [0.29, 0.717) is 0 Å². The van der Waals surface area contributed by atoms with Crippen LogP contribution in [0.2, 0.25) is 0 Å². The van der Waals surface area contributed by atoms with Crippen molar-refractivity contribution in [2.45, 2.75) is 25.4 Å². The van der Waals surface area contributed by atoms with E-state index in [9.17, 15) is 9.50 Å². The van der Waals surface area contributed by atoms with E-state index in [1.807, 2.05) is 43.3 Å². The third-order valence-corrected chi connectivity index (χ3v) is 3.30. The van der Waals surface area contributed by atoms with Gasteiger partial charge in [-0.05, 0) is 36.6 Å². The maximum Gasteiger partial charge on any atom is 0.123 e. The van der Waals surface area contributed by atoms with Crippen LogP contribution in [0.5, 0.6) is 0 Å². The first-order chi connectivity index (χ1) is 9.69. The van der Waals surface area contributed by atoms with Gasteiger partial charge in [-0.15, -0.1) is 0 Å². The van der Waals surface area contributed by atoms with Gasteiger partial charge in [-0.2, -0.15) is 0 Å². The molecule has 0 saturated carbocycles. The summed E-state index contributed by atoms with van der Waals surface area (Å²) in [5.41, 5.74) is 2.01. The Labute approximate surface area is 119 Å². The Balaban J connectivity index is 1.97. The maximum atomic E-state index is 13.2. The summed E-state index contributed by atoms with van der Waals surface area (Å²) in [6, 6.07) is 16.5. The van der Waals surface area contributed by atoms with Crippen molar-refractivity contribution < 1.29 is 9.50 Å². The molecule has 0 heterocycles. The molecule has 0 bridgehead atoms. The molecular weight excluding hydrogens is 253 g/mol. The lowest BCUT2D eigenvalue weighted by Gasteiger charge is -2.22. The maximum absolute atomic E-state index is 13.2. The van der Waals surface area contributed by atoms with Crippen molar-refractivity contribution in [2.24, 2.45) is 0 Å². The normalized spacial score (nSPS) is 13.9. The van der Waals surface area contributed by atoms with Crippen LogP contribution >= 0.6 is 0 Å². The van der Waals surface area contributed by atoms with E-state index in [4.69, 9.17) is 0 Å². The van der Waals surface area contributed by atoms with Gasteiger partial charge in [0.05, 0.1) is 12.6 Å². The Hall–Kier alpha value is -1.71. The fraction of sp³-hybridized carbons (Fsp3) is 0.294. The number of nitrogens with one attached hydrogen (secondary N) is 1. The molecule has 2 rings (SSSR count). The minimum absolute atomic E-state index is 0.0392. The molecule has 0 saturated heterocycles. The average molecular weight is 273 g/mol. The molecular formula is C17H20FNO. The molecule has 2 nitrogen and oxygen atoms in total. The third-order valence-electron chi connectivity index (χ3n) is 3.30. The van der Waals surface area contributed by atoms with E-state index in [1.165, 1.54) is 6.07 Å². The molecule has 0 spiro atoms. The molecule has 3 heteroatoms. The molecule has 106 valence electrons. The van der Waals surface area contributed by atoms with Gasteiger partial charge in [0.2, 0.25) is 0 Å². The summed E-state index contributed by atoms with van der Waals surface area (Å²) >= 11 is 0. The molecule has 0 aliphatic heterocycles. The van der Waals surface area contributed by atoms with Crippen LogP contribution in [-0.4, -0.2) is 17.8 Å². The van der Waals surface area contributed by atoms with Crippen molar-refractivity contribution in [2.75, 3.05) is 6.61 Å². The highest BCUT2D eigenvalue weighted by molar-refractivity contribution is 5.20. The molecule has 2 N–H and O–H groups in total. The lowest BCUT2D eigenvalue weighted by molar-refractivity contribution is 0.234. The zero-order valence-electron chi connectivity index (χ0n) is 11.6. The minimum atomic E-state index is -0.212. The molecule has 0 aromatic heterocycles. The highest BCUT2D eigenvalue weighted by Crippen LogP contribution is 2.14. The van der Waals surface area contributed by atoms with Crippen LogP contribution in [0.1, 0.15) is 24.1 Å². The summed E-state index contributed by atoms with van der Waals surface area (Å²) in [6.45, 7) is 2.08. The molecule has 20 heavy (non-hydrogen) atoms. The number of benzene rings is 2. The van der Waals surface area contributed by atoms with E-state index in [1.54, 1.807) is 12.1 Å². The fourth-order valence-corrected chi connectivity index (χ4v) is 2.36. The number of hydrogen-bond acceptors (Lipinski definition) is 2. The van der Waals surface area contributed by atoms with Gasteiger partial charge in [-0.1, -0.05) is 42.5 Å². The molecule has 0 aliphatic rings. The van der Waals surface area contributed by atoms with Gasteiger partial charge < -0.3 is 10.4 Å². The SMILES string of the molecule is CC(Cc1cccc(F)c1)N[C@@H](CO)c1ccccc1. The second-order valence-corrected chi connectivity index (χ2v) is 5.05. The summed E-state index contributed by atoms with van der Waals surface area (Å²) in [6.07, 6.45) is 0.723.